The standard InChI is InChI=1S/C14H11NS/c1-10-14(15-9-16-10)13-7-6-11-4-2-3-5-12(11)8-13/h2-9H,1H3. The number of aromatic nitrogens is 1. The third-order valence-electron chi connectivity index (χ3n) is 2.77. The zero-order valence-electron chi connectivity index (χ0n) is 8.97. The lowest BCUT2D eigenvalue weighted by molar-refractivity contribution is 1.38. The van der Waals surface area contributed by atoms with Crippen molar-refractivity contribution < 1.29 is 0 Å². The number of thiazole rings is 1. The molecule has 3 rings (SSSR count). The molecule has 1 nitrogen and oxygen atoms in total. The highest BCUT2D eigenvalue weighted by molar-refractivity contribution is 7.10. The van der Waals surface area contributed by atoms with E-state index in [4.69, 9.17) is 0 Å². The Morgan fingerprint density at radius 1 is 1.00 bits per heavy atom. The zero-order chi connectivity index (χ0) is 11.0. The van der Waals surface area contributed by atoms with Gasteiger partial charge in [0.2, 0.25) is 0 Å². The molecule has 0 radical (unpaired) electrons. The van der Waals surface area contributed by atoms with Crippen LogP contribution in [-0.2, 0) is 0 Å². The van der Waals surface area contributed by atoms with Crippen LogP contribution in [0.5, 0.6) is 0 Å². The summed E-state index contributed by atoms with van der Waals surface area (Å²) in [5, 5.41) is 2.55. The van der Waals surface area contributed by atoms with Crippen molar-refractivity contribution in [1.82, 2.24) is 4.98 Å². The summed E-state index contributed by atoms with van der Waals surface area (Å²) in [6.07, 6.45) is 0. The first-order chi connectivity index (χ1) is 7.84. The molecule has 1 heterocycles. The molecule has 0 atom stereocenters. The van der Waals surface area contributed by atoms with Gasteiger partial charge in [-0.25, -0.2) is 4.98 Å². The fraction of sp³-hybridized carbons (Fsp3) is 0.0714. The van der Waals surface area contributed by atoms with E-state index in [1.807, 2.05) is 5.51 Å². The molecular formula is C14H11NS. The van der Waals surface area contributed by atoms with Crippen molar-refractivity contribution in [2.75, 3.05) is 0 Å². The Balaban J connectivity index is 2.23. The summed E-state index contributed by atoms with van der Waals surface area (Å²) in [4.78, 5) is 5.68. The highest BCUT2D eigenvalue weighted by Crippen LogP contribution is 2.27. The molecule has 0 bridgehead atoms. The van der Waals surface area contributed by atoms with Gasteiger partial charge in [0.15, 0.2) is 0 Å². The molecule has 16 heavy (non-hydrogen) atoms. The van der Waals surface area contributed by atoms with Crippen LogP contribution in [0.3, 0.4) is 0 Å². The van der Waals surface area contributed by atoms with Crippen molar-refractivity contribution in [1.29, 1.82) is 0 Å². The fourth-order valence-corrected chi connectivity index (χ4v) is 2.52. The molecule has 2 heteroatoms. The topological polar surface area (TPSA) is 12.9 Å². The van der Waals surface area contributed by atoms with Crippen LogP contribution in [0.25, 0.3) is 22.0 Å². The van der Waals surface area contributed by atoms with Gasteiger partial charge in [-0.2, -0.15) is 0 Å². The molecule has 2 aromatic carbocycles. The molecule has 0 fully saturated rings. The number of aryl methyl sites for hydroxylation is 1. The van der Waals surface area contributed by atoms with E-state index in [0.717, 1.165) is 5.69 Å². The van der Waals surface area contributed by atoms with Gasteiger partial charge in [0.05, 0.1) is 11.2 Å². The summed E-state index contributed by atoms with van der Waals surface area (Å²) < 4.78 is 0. The first-order valence-corrected chi connectivity index (χ1v) is 6.12. The summed E-state index contributed by atoms with van der Waals surface area (Å²) in [5.41, 5.74) is 4.22. The lowest BCUT2D eigenvalue weighted by Crippen LogP contribution is -1.80. The number of hydrogen-bond acceptors (Lipinski definition) is 2. The van der Waals surface area contributed by atoms with Crippen LogP contribution < -0.4 is 0 Å². The third-order valence-corrected chi connectivity index (χ3v) is 3.53. The molecule has 0 unspecified atom stereocenters. The Bertz CT molecular complexity index is 640. The van der Waals surface area contributed by atoms with Gasteiger partial charge < -0.3 is 0 Å². The minimum Gasteiger partial charge on any atom is -0.244 e. The second-order valence-electron chi connectivity index (χ2n) is 3.82. The van der Waals surface area contributed by atoms with Gasteiger partial charge in [-0.1, -0.05) is 36.4 Å². The largest absolute Gasteiger partial charge is 0.244 e. The van der Waals surface area contributed by atoms with Gasteiger partial charge in [0, 0.05) is 10.4 Å². The molecule has 3 aromatic rings. The van der Waals surface area contributed by atoms with Crippen molar-refractivity contribution in [3.63, 3.8) is 0 Å². The Labute approximate surface area is 98.4 Å². The molecule has 1 aromatic heterocycles. The maximum Gasteiger partial charge on any atom is 0.0840 e. The Morgan fingerprint density at radius 3 is 2.56 bits per heavy atom. The highest BCUT2D eigenvalue weighted by atomic mass is 32.1. The Morgan fingerprint density at radius 2 is 1.81 bits per heavy atom. The maximum absolute atomic E-state index is 4.41. The highest BCUT2D eigenvalue weighted by Gasteiger charge is 2.04. The SMILES string of the molecule is Cc1scnc1-c1ccc2ccccc2c1. The van der Waals surface area contributed by atoms with Crippen LogP contribution in [0.4, 0.5) is 0 Å². The van der Waals surface area contributed by atoms with Crippen LogP contribution in [0.15, 0.2) is 48.0 Å². The van der Waals surface area contributed by atoms with Gasteiger partial charge in [0.1, 0.15) is 0 Å². The summed E-state index contributed by atoms with van der Waals surface area (Å²) in [6.45, 7) is 2.11. The van der Waals surface area contributed by atoms with Crippen molar-refractivity contribution in [2.24, 2.45) is 0 Å². The average molecular weight is 225 g/mol. The predicted molar refractivity (Wildman–Crippen MR) is 69.8 cm³/mol. The summed E-state index contributed by atoms with van der Waals surface area (Å²) >= 11 is 1.69. The molecule has 0 amide bonds. The van der Waals surface area contributed by atoms with E-state index >= 15 is 0 Å². The average Bonchev–Trinajstić information content (AvgIpc) is 2.75. The Hall–Kier alpha value is -1.67. The van der Waals surface area contributed by atoms with Gasteiger partial charge >= 0.3 is 0 Å². The van der Waals surface area contributed by atoms with Crippen LogP contribution in [0.1, 0.15) is 4.88 Å². The van der Waals surface area contributed by atoms with E-state index < -0.39 is 0 Å². The quantitative estimate of drug-likeness (QED) is 0.602. The normalized spacial score (nSPS) is 10.8. The molecule has 0 saturated heterocycles. The Kier molecular flexibility index (Phi) is 2.22. The minimum absolute atomic E-state index is 1.11. The van der Waals surface area contributed by atoms with Crippen molar-refractivity contribution in [3.05, 3.63) is 52.9 Å². The molecule has 0 aliphatic rings. The number of nitrogens with zero attached hydrogens (tertiary/aromatic N) is 1. The van der Waals surface area contributed by atoms with Gasteiger partial charge in [-0.05, 0) is 23.8 Å². The lowest BCUT2D eigenvalue weighted by atomic mass is 10.0. The zero-order valence-corrected chi connectivity index (χ0v) is 9.79. The van der Waals surface area contributed by atoms with Crippen LogP contribution in [0, 0.1) is 6.92 Å². The maximum atomic E-state index is 4.41. The molecule has 0 aliphatic heterocycles. The van der Waals surface area contributed by atoms with E-state index in [9.17, 15) is 0 Å². The van der Waals surface area contributed by atoms with Crippen molar-refractivity contribution in [2.45, 2.75) is 6.92 Å². The second-order valence-corrected chi connectivity index (χ2v) is 4.88. The van der Waals surface area contributed by atoms with Crippen molar-refractivity contribution in [3.8, 4) is 11.3 Å². The van der Waals surface area contributed by atoms with Crippen LogP contribution in [0.2, 0.25) is 0 Å². The monoisotopic (exact) mass is 225 g/mol. The third kappa shape index (κ3) is 1.51. The molecule has 0 spiro atoms. The van der Waals surface area contributed by atoms with Gasteiger partial charge in [-0.15, -0.1) is 11.3 Å². The van der Waals surface area contributed by atoms with Gasteiger partial charge in [0.25, 0.3) is 0 Å². The molecule has 0 N–H and O–H groups in total. The summed E-state index contributed by atoms with van der Waals surface area (Å²) in [6, 6.07) is 14.9. The molecule has 0 aliphatic carbocycles. The smallest absolute Gasteiger partial charge is 0.0840 e. The first kappa shape index (κ1) is 9.55. The molecule has 78 valence electrons. The minimum atomic E-state index is 1.11. The van der Waals surface area contributed by atoms with Gasteiger partial charge in [-0.3, -0.25) is 0 Å². The van der Waals surface area contributed by atoms with E-state index in [1.165, 1.54) is 21.2 Å². The van der Waals surface area contributed by atoms with Crippen molar-refractivity contribution >= 4 is 22.1 Å². The van der Waals surface area contributed by atoms with Crippen LogP contribution in [-0.4, -0.2) is 4.98 Å². The number of benzene rings is 2. The van der Waals surface area contributed by atoms with E-state index in [1.54, 1.807) is 11.3 Å². The lowest BCUT2D eigenvalue weighted by Gasteiger charge is -2.02. The van der Waals surface area contributed by atoms with Crippen LogP contribution >= 0.6 is 11.3 Å². The predicted octanol–water partition coefficient (Wildman–Crippen LogP) is 4.27. The van der Waals surface area contributed by atoms with E-state index in [0.29, 0.717) is 0 Å². The summed E-state index contributed by atoms with van der Waals surface area (Å²) in [5.74, 6) is 0. The molecule has 0 saturated carbocycles. The fourth-order valence-electron chi connectivity index (χ4n) is 1.92. The first-order valence-electron chi connectivity index (χ1n) is 5.24. The van der Waals surface area contributed by atoms with E-state index in [-0.39, 0.29) is 0 Å². The molecular weight excluding hydrogens is 214 g/mol. The van der Waals surface area contributed by atoms with E-state index in [2.05, 4.69) is 54.4 Å². The summed E-state index contributed by atoms with van der Waals surface area (Å²) in [7, 11) is 0. The number of fused-ring (bicyclic) bond motifs is 1. The second kappa shape index (κ2) is 3.72. The number of hydrogen-bond donors (Lipinski definition) is 0. The number of rotatable bonds is 1.